The number of hydrogen-bond donors (Lipinski definition) is 2. The number of hydrogen-bond acceptors (Lipinski definition) is 2. The van der Waals surface area contributed by atoms with Crippen LogP contribution in [0.3, 0.4) is 0 Å². The molecule has 0 saturated carbocycles. The van der Waals surface area contributed by atoms with Gasteiger partial charge in [-0.25, -0.2) is 0 Å². The Morgan fingerprint density at radius 1 is 1.47 bits per heavy atom. The van der Waals surface area contributed by atoms with Crippen LogP contribution >= 0.6 is 12.4 Å². The molecule has 3 nitrogen and oxygen atoms in total. The van der Waals surface area contributed by atoms with Crippen LogP contribution in [0.2, 0.25) is 0 Å². The number of carbonyl (C=O) groups is 1. The lowest BCUT2D eigenvalue weighted by molar-refractivity contribution is -0.124. The van der Waals surface area contributed by atoms with Gasteiger partial charge in [0.15, 0.2) is 0 Å². The van der Waals surface area contributed by atoms with E-state index in [2.05, 4.69) is 11.4 Å². The van der Waals surface area contributed by atoms with Crippen molar-refractivity contribution in [2.75, 3.05) is 6.54 Å². The molecule has 1 aliphatic rings. The predicted octanol–water partition coefficient (Wildman–Crippen LogP) is 1.60. The van der Waals surface area contributed by atoms with Crippen molar-refractivity contribution in [1.29, 1.82) is 0 Å². The van der Waals surface area contributed by atoms with E-state index in [1.807, 2.05) is 32.0 Å². The first kappa shape index (κ1) is 14.0. The molecule has 1 atom stereocenters. The Hall–Kier alpha value is -1.06. The van der Waals surface area contributed by atoms with Crippen molar-refractivity contribution in [2.45, 2.75) is 31.7 Å². The lowest BCUT2D eigenvalue weighted by Gasteiger charge is -2.33. The number of carbonyl (C=O) groups excluding carboxylic acids is 1. The van der Waals surface area contributed by atoms with Gasteiger partial charge < -0.3 is 11.1 Å². The van der Waals surface area contributed by atoms with Gasteiger partial charge in [-0.05, 0) is 31.4 Å². The average Bonchev–Trinajstić information content (AvgIpc) is 2.19. The quantitative estimate of drug-likeness (QED) is 0.861. The largest absolute Gasteiger partial charge is 0.349 e. The molecule has 2 rings (SSSR count). The van der Waals surface area contributed by atoms with Crippen LogP contribution in [-0.2, 0) is 11.2 Å². The third-order valence-corrected chi connectivity index (χ3v) is 3.14. The minimum absolute atomic E-state index is 0. The van der Waals surface area contributed by atoms with E-state index in [0.29, 0.717) is 6.54 Å². The molecular formula is C13H19ClN2O. The smallest absolute Gasteiger partial charge is 0.228 e. The number of amides is 1. The van der Waals surface area contributed by atoms with E-state index in [9.17, 15) is 4.79 Å². The summed E-state index contributed by atoms with van der Waals surface area (Å²) in [6.45, 7) is 4.33. The van der Waals surface area contributed by atoms with E-state index in [0.717, 1.165) is 12.0 Å². The maximum absolute atomic E-state index is 12.0. The van der Waals surface area contributed by atoms with Crippen molar-refractivity contribution in [2.24, 2.45) is 5.73 Å². The Kier molecular flexibility index (Phi) is 4.17. The second kappa shape index (κ2) is 5.07. The van der Waals surface area contributed by atoms with Gasteiger partial charge in [0, 0.05) is 12.1 Å². The molecule has 1 aliphatic carbocycles. The zero-order valence-corrected chi connectivity index (χ0v) is 11.0. The summed E-state index contributed by atoms with van der Waals surface area (Å²) in [4.78, 5) is 12.0. The summed E-state index contributed by atoms with van der Waals surface area (Å²) in [5.74, 6) is 0.108. The van der Waals surface area contributed by atoms with Crippen LogP contribution in [0.5, 0.6) is 0 Å². The van der Waals surface area contributed by atoms with E-state index in [1.165, 1.54) is 5.56 Å². The molecule has 17 heavy (non-hydrogen) atoms. The van der Waals surface area contributed by atoms with E-state index >= 15 is 0 Å². The highest BCUT2D eigenvalue weighted by Gasteiger charge is 2.33. The van der Waals surface area contributed by atoms with Crippen LogP contribution in [0.1, 0.15) is 30.9 Å². The van der Waals surface area contributed by atoms with Crippen molar-refractivity contribution >= 4 is 18.3 Å². The van der Waals surface area contributed by atoms with Gasteiger partial charge in [-0.3, -0.25) is 4.79 Å². The molecule has 0 heterocycles. The lowest BCUT2D eigenvalue weighted by Crippen LogP contribution is -2.51. The molecule has 1 aromatic carbocycles. The summed E-state index contributed by atoms with van der Waals surface area (Å²) in [7, 11) is 0. The molecular weight excluding hydrogens is 236 g/mol. The molecule has 3 N–H and O–H groups in total. The number of fused-ring (bicyclic) bond motifs is 1. The summed E-state index contributed by atoms with van der Waals surface area (Å²) in [5.41, 5.74) is 7.72. The van der Waals surface area contributed by atoms with E-state index < -0.39 is 0 Å². The van der Waals surface area contributed by atoms with Crippen LogP contribution in [0.4, 0.5) is 0 Å². The molecule has 4 heteroatoms. The molecule has 1 unspecified atom stereocenters. The molecule has 1 amide bonds. The fraction of sp³-hybridized carbons (Fsp3) is 0.462. The topological polar surface area (TPSA) is 55.1 Å². The summed E-state index contributed by atoms with van der Waals surface area (Å²) < 4.78 is 0. The van der Waals surface area contributed by atoms with Crippen molar-refractivity contribution in [3.8, 4) is 0 Å². The number of nitrogens with one attached hydrogen (secondary N) is 1. The van der Waals surface area contributed by atoms with Crippen LogP contribution in [0.25, 0.3) is 0 Å². The first-order chi connectivity index (χ1) is 7.53. The van der Waals surface area contributed by atoms with Gasteiger partial charge in [0.25, 0.3) is 0 Å². The fourth-order valence-electron chi connectivity index (χ4n) is 1.96. The number of benzene rings is 1. The highest BCUT2D eigenvalue weighted by atomic mass is 35.5. The first-order valence-electron chi connectivity index (χ1n) is 5.63. The second-order valence-corrected chi connectivity index (χ2v) is 5.03. The Morgan fingerprint density at radius 3 is 2.71 bits per heavy atom. The maximum atomic E-state index is 12.0. The highest BCUT2D eigenvalue weighted by molar-refractivity contribution is 5.87. The average molecular weight is 255 g/mol. The van der Waals surface area contributed by atoms with Crippen molar-refractivity contribution in [1.82, 2.24) is 5.32 Å². The molecule has 0 spiro atoms. The molecule has 0 fully saturated rings. The van der Waals surface area contributed by atoms with Crippen LogP contribution in [0.15, 0.2) is 24.3 Å². The van der Waals surface area contributed by atoms with Crippen LogP contribution in [-0.4, -0.2) is 18.0 Å². The maximum Gasteiger partial charge on any atom is 0.228 e. The summed E-state index contributed by atoms with van der Waals surface area (Å²) in [5, 5.41) is 2.98. The fourth-order valence-corrected chi connectivity index (χ4v) is 1.96. The third kappa shape index (κ3) is 2.79. The summed E-state index contributed by atoms with van der Waals surface area (Å²) in [6, 6.07) is 8.09. The number of rotatable bonds is 3. The number of nitrogens with two attached hydrogens (primary N) is 1. The second-order valence-electron chi connectivity index (χ2n) is 5.03. The highest BCUT2D eigenvalue weighted by Crippen LogP contribution is 2.35. The standard InChI is InChI=1S/C13H18N2O.ClH/c1-13(2,8-14)15-12(16)11-7-9-5-3-4-6-10(9)11;/h3-6,11H,7-8,14H2,1-2H3,(H,15,16);1H. The zero-order chi connectivity index (χ0) is 11.8. The molecule has 94 valence electrons. The molecule has 0 radical (unpaired) electrons. The molecule has 0 aromatic heterocycles. The summed E-state index contributed by atoms with van der Waals surface area (Å²) in [6.07, 6.45) is 0.850. The van der Waals surface area contributed by atoms with Gasteiger partial charge in [-0.2, -0.15) is 0 Å². The van der Waals surface area contributed by atoms with E-state index in [4.69, 9.17) is 5.73 Å². The van der Waals surface area contributed by atoms with Crippen molar-refractivity contribution < 1.29 is 4.79 Å². The van der Waals surface area contributed by atoms with Gasteiger partial charge in [-0.1, -0.05) is 24.3 Å². The Morgan fingerprint density at radius 2 is 2.12 bits per heavy atom. The van der Waals surface area contributed by atoms with Gasteiger partial charge in [0.2, 0.25) is 5.91 Å². The minimum Gasteiger partial charge on any atom is -0.349 e. The first-order valence-corrected chi connectivity index (χ1v) is 5.63. The van der Waals surface area contributed by atoms with Gasteiger partial charge in [0.1, 0.15) is 0 Å². The van der Waals surface area contributed by atoms with Crippen LogP contribution < -0.4 is 11.1 Å². The van der Waals surface area contributed by atoms with Crippen molar-refractivity contribution in [3.05, 3.63) is 35.4 Å². The van der Waals surface area contributed by atoms with Crippen LogP contribution in [0, 0.1) is 0 Å². The zero-order valence-electron chi connectivity index (χ0n) is 10.2. The van der Waals surface area contributed by atoms with Crippen molar-refractivity contribution in [3.63, 3.8) is 0 Å². The molecule has 1 aromatic rings. The predicted molar refractivity (Wildman–Crippen MR) is 71.4 cm³/mol. The lowest BCUT2D eigenvalue weighted by atomic mass is 9.77. The Bertz CT molecular complexity index is 418. The normalized spacial score (nSPS) is 17.5. The summed E-state index contributed by atoms with van der Waals surface area (Å²) >= 11 is 0. The van der Waals surface area contributed by atoms with Gasteiger partial charge in [-0.15, -0.1) is 12.4 Å². The Labute approximate surface area is 108 Å². The molecule has 0 saturated heterocycles. The molecule has 0 bridgehead atoms. The SMILES string of the molecule is CC(C)(CN)NC(=O)C1Cc2ccccc21.Cl. The third-order valence-electron chi connectivity index (χ3n) is 3.14. The molecule has 0 aliphatic heterocycles. The number of halogens is 1. The monoisotopic (exact) mass is 254 g/mol. The van der Waals surface area contributed by atoms with E-state index in [-0.39, 0.29) is 29.8 Å². The van der Waals surface area contributed by atoms with E-state index in [1.54, 1.807) is 0 Å². The Balaban J connectivity index is 0.00000144. The minimum atomic E-state index is -0.318. The van der Waals surface area contributed by atoms with Gasteiger partial charge in [0.05, 0.1) is 5.92 Å². The van der Waals surface area contributed by atoms with Gasteiger partial charge >= 0.3 is 0 Å².